The number of anilines is 1. The minimum atomic E-state index is -0.237. The monoisotopic (exact) mass is 384 g/mol. The summed E-state index contributed by atoms with van der Waals surface area (Å²) in [7, 11) is 0. The number of rotatable bonds is 4. The van der Waals surface area contributed by atoms with Crippen molar-refractivity contribution in [2.24, 2.45) is 0 Å². The van der Waals surface area contributed by atoms with Crippen LogP contribution in [0.4, 0.5) is 5.69 Å². The zero-order valence-electron chi connectivity index (χ0n) is 15.4. The van der Waals surface area contributed by atoms with Crippen molar-refractivity contribution in [2.45, 2.75) is 46.1 Å². The summed E-state index contributed by atoms with van der Waals surface area (Å²) in [5.74, 6) is 0.609. The van der Waals surface area contributed by atoms with Gasteiger partial charge in [-0.25, -0.2) is 0 Å². The molecule has 1 N–H and O–H groups in total. The van der Waals surface area contributed by atoms with Gasteiger partial charge in [0, 0.05) is 17.0 Å². The van der Waals surface area contributed by atoms with Gasteiger partial charge in [-0.2, -0.15) is 5.10 Å². The van der Waals surface area contributed by atoms with Gasteiger partial charge >= 0.3 is 0 Å². The number of nitrogens with one attached hydrogen (secondary N) is 1. The van der Waals surface area contributed by atoms with E-state index in [1.165, 1.54) is 0 Å². The molecule has 140 valence electrons. The van der Waals surface area contributed by atoms with Gasteiger partial charge in [-0.05, 0) is 50.8 Å². The smallest absolute Gasteiger partial charge is 0.278 e. The Morgan fingerprint density at radius 3 is 2.74 bits per heavy atom. The number of carbonyl (C=O) groups excluding carboxylic acids is 1. The first-order valence-corrected chi connectivity index (χ1v) is 9.48. The van der Waals surface area contributed by atoms with Gasteiger partial charge in [-0.15, -0.1) is 0 Å². The highest BCUT2D eigenvalue weighted by Gasteiger charge is 2.25. The molecule has 0 bridgehead atoms. The number of carbonyl (C=O) groups is 1. The second-order valence-electron chi connectivity index (χ2n) is 6.92. The molecule has 0 saturated carbocycles. The molecule has 0 radical (unpaired) electrons. The van der Waals surface area contributed by atoms with Crippen LogP contribution in [0.15, 0.2) is 28.8 Å². The van der Waals surface area contributed by atoms with E-state index in [9.17, 15) is 4.79 Å². The summed E-state index contributed by atoms with van der Waals surface area (Å²) in [5.41, 5.74) is 4.83. The van der Waals surface area contributed by atoms with Crippen molar-refractivity contribution >= 4 is 23.2 Å². The van der Waals surface area contributed by atoms with E-state index < -0.39 is 0 Å². The minimum Gasteiger partial charge on any atom is -0.360 e. The minimum absolute atomic E-state index is 0.237. The van der Waals surface area contributed by atoms with E-state index in [0.717, 1.165) is 59.6 Å². The number of benzene rings is 1. The summed E-state index contributed by atoms with van der Waals surface area (Å²) in [6.07, 6.45) is 3.84. The first-order chi connectivity index (χ1) is 13.0. The molecule has 0 unspecified atom stereocenters. The van der Waals surface area contributed by atoms with Gasteiger partial charge in [0.1, 0.15) is 5.76 Å². The highest BCUT2D eigenvalue weighted by molar-refractivity contribution is 6.30. The van der Waals surface area contributed by atoms with Crippen LogP contribution in [0, 0.1) is 13.8 Å². The van der Waals surface area contributed by atoms with Crippen LogP contribution in [0.25, 0.3) is 0 Å². The molecule has 1 amide bonds. The Bertz CT molecular complexity index is 988. The molecule has 2 heterocycles. The summed E-state index contributed by atoms with van der Waals surface area (Å²) >= 11 is 5.95. The van der Waals surface area contributed by atoms with Crippen LogP contribution in [0.5, 0.6) is 0 Å². The first-order valence-electron chi connectivity index (χ1n) is 9.10. The van der Waals surface area contributed by atoms with Crippen LogP contribution in [0.2, 0.25) is 5.02 Å². The molecule has 0 aliphatic heterocycles. The van der Waals surface area contributed by atoms with Crippen LogP contribution in [-0.2, 0) is 19.4 Å². The van der Waals surface area contributed by atoms with Crippen molar-refractivity contribution in [2.75, 3.05) is 5.32 Å². The number of aromatic nitrogens is 3. The fraction of sp³-hybridized carbons (Fsp3) is 0.350. The normalized spacial score (nSPS) is 13.4. The van der Waals surface area contributed by atoms with E-state index in [1.807, 2.05) is 42.8 Å². The fourth-order valence-corrected chi connectivity index (χ4v) is 3.66. The SMILES string of the molecule is Cc1nn(Cc2ccc(Cl)cc2)c(C)c1NC(=O)c1noc2c1CCCC2. The molecule has 1 aliphatic carbocycles. The third kappa shape index (κ3) is 3.49. The first kappa shape index (κ1) is 17.8. The lowest BCUT2D eigenvalue weighted by atomic mass is 9.96. The second-order valence-corrected chi connectivity index (χ2v) is 7.36. The maximum absolute atomic E-state index is 12.8. The fourth-order valence-electron chi connectivity index (χ4n) is 3.53. The average molecular weight is 385 g/mol. The van der Waals surface area contributed by atoms with Crippen molar-refractivity contribution in [1.82, 2.24) is 14.9 Å². The Hall–Kier alpha value is -2.60. The summed E-state index contributed by atoms with van der Waals surface area (Å²) in [6.45, 7) is 4.45. The third-order valence-electron chi connectivity index (χ3n) is 5.03. The van der Waals surface area contributed by atoms with Crippen LogP contribution in [0.1, 0.15) is 51.6 Å². The summed E-state index contributed by atoms with van der Waals surface area (Å²) < 4.78 is 7.24. The summed E-state index contributed by atoms with van der Waals surface area (Å²) in [6, 6.07) is 7.66. The van der Waals surface area contributed by atoms with Crippen LogP contribution >= 0.6 is 11.6 Å². The van der Waals surface area contributed by atoms with Gasteiger partial charge in [0.2, 0.25) is 0 Å². The number of nitrogens with zero attached hydrogens (tertiary/aromatic N) is 3. The lowest BCUT2D eigenvalue weighted by Gasteiger charge is -2.10. The van der Waals surface area contributed by atoms with Gasteiger partial charge in [0.25, 0.3) is 5.91 Å². The van der Waals surface area contributed by atoms with Crippen LogP contribution in [0.3, 0.4) is 0 Å². The van der Waals surface area contributed by atoms with E-state index in [1.54, 1.807) is 0 Å². The molecule has 4 rings (SSSR count). The molecular weight excluding hydrogens is 364 g/mol. The standard InChI is InChI=1S/C20H21ClN4O2/c1-12-18(13(2)25(23-12)11-14-7-9-15(21)10-8-14)22-20(26)19-16-5-3-4-6-17(16)27-24-19/h7-10H,3-6,11H2,1-2H3,(H,22,26). The van der Waals surface area contributed by atoms with E-state index in [4.69, 9.17) is 16.1 Å². The lowest BCUT2D eigenvalue weighted by molar-refractivity contribution is 0.101. The third-order valence-corrected chi connectivity index (χ3v) is 5.28. The molecule has 3 aromatic rings. The van der Waals surface area contributed by atoms with E-state index in [-0.39, 0.29) is 5.91 Å². The van der Waals surface area contributed by atoms with E-state index >= 15 is 0 Å². The Morgan fingerprint density at radius 1 is 1.22 bits per heavy atom. The van der Waals surface area contributed by atoms with Crippen molar-refractivity contribution in [1.29, 1.82) is 0 Å². The zero-order chi connectivity index (χ0) is 19.0. The second kappa shape index (κ2) is 7.19. The van der Waals surface area contributed by atoms with Gasteiger partial charge in [-0.1, -0.05) is 28.9 Å². The molecule has 27 heavy (non-hydrogen) atoms. The molecule has 0 spiro atoms. The number of amides is 1. The Kier molecular flexibility index (Phi) is 4.74. The van der Waals surface area contributed by atoms with Gasteiger partial charge in [0.05, 0.1) is 23.6 Å². The largest absolute Gasteiger partial charge is 0.360 e. The zero-order valence-corrected chi connectivity index (χ0v) is 16.1. The molecule has 1 aromatic carbocycles. The molecule has 0 atom stereocenters. The molecule has 0 fully saturated rings. The highest BCUT2D eigenvalue weighted by atomic mass is 35.5. The van der Waals surface area contributed by atoms with Crippen molar-refractivity contribution in [3.05, 3.63) is 63.3 Å². The van der Waals surface area contributed by atoms with Crippen molar-refractivity contribution < 1.29 is 9.32 Å². The van der Waals surface area contributed by atoms with E-state index in [0.29, 0.717) is 17.3 Å². The Morgan fingerprint density at radius 2 is 1.96 bits per heavy atom. The number of hydrogen-bond acceptors (Lipinski definition) is 4. The van der Waals surface area contributed by atoms with Gasteiger partial charge in [-0.3, -0.25) is 9.48 Å². The molecule has 7 heteroatoms. The maximum atomic E-state index is 12.8. The predicted octanol–water partition coefficient (Wildman–Crippen LogP) is 4.32. The van der Waals surface area contributed by atoms with Crippen LogP contribution < -0.4 is 5.32 Å². The van der Waals surface area contributed by atoms with Crippen molar-refractivity contribution in [3.63, 3.8) is 0 Å². The number of fused-ring (bicyclic) bond motifs is 1. The average Bonchev–Trinajstić information content (AvgIpc) is 3.20. The van der Waals surface area contributed by atoms with Crippen LogP contribution in [-0.4, -0.2) is 20.8 Å². The molecule has 0 saturated heterocycles. The molecular formula is C20H21ClN4O2. The Balaban J connectivity index is 1.55. The van der Waals surface area contributed by atoms with E-state index in [2.05, 4.69) is 15.6 Å². The van der Waals surface area contributed by atoms with Gasteiger partial charge < -0.3 is 9.84 Å². The lowest BCUT2D eigenvalue weighted by Crippen LogP contribution is -2.16. The quantitative estimate of drug-likeness (QED) is 0.727. The number of hydrogen-bond donors (Lipinski definition) is 1. The topological polar surface area (TPSA) is 73.0 Å². The summed E-state index contributed by atoms with van der Waals surface area (Å²) in [4.78, 5) is 12.8. The summed E-state index contributed by atoms with van der Waals surface area (Å²) in [5, 5.41) is 12.3. The molecule has 6 nitrogen and oxygen atoms in total. The van der Waals surface area contributed by atoms with Crippen molar-refractivity contribution in [3.8, 4) is 0 Å². The maximum Gasteiger partial charge on any atom is 0.278 e. The number of aryl methyl sites for hydroxylation is 2. The predicted molar refractivity (Wildman–Crippen MR) is 103 cm³/mol. The molecule has 2 aromatic heterocycles. The number of halogens is 1. The Labute approximate surface area is 162 Å². The van der Waals surface area contributed by atoms with Gasteiger partial charge in [0.15, 0.2) is 5.69 Å². The molecule has 1 aliphatic rings. The highest BCUT2D eigenvalue weighted by Crippen LogP contribution is 2.26.